The fourth-order valence-electron chi connectivity index (χ4n) is 7.80. The van der Waals surface area contributed by atoms with Gasteiger partial charge in [-0.15, -0.1) is 0 Å². The van der Waals surface area contributed by atoms with Crippen LogP contribution in [0, 0.1) is 23.7 Å². The van der Waals surface area contributed by atoms with Gasteiger partial charge in [0.2, 0.25) is 0 Å². The van der Waals surface area contributed by atoms with Crippen LogP contribution in [0.15, 0.2) is 58.7 Å². The van der Waals surface area contributed by atoms with Crippen molar-refractivity contribution in [2.24, 2.45) is 23.7 Å². The molecule has 1 aliphatic carbocycles. The van der Waals surface area contributed by atoms with Crippen LogP contribution in [0.4, 0.5) is 0 Å². The molecule has 2 bridgehead atoms. The van der Waals surface area contributed by atoms with Gasteiger partial charge in [0.15, 0.2) is 5.79 Å². The third-order valence-corrected chi connectivity index (χ3v) is 10.4. The van der Waals surface area contributed by atoms with Crippen molar-refractivity contribution in [1.29, 1.82) is 0 Å². The van der Waals surface area contributed by atoms with E-state index in [0.717, 1.165) is 11.1 Å². The standard InChI is InChI=1S/C36H52O9/c1-19(2)13-23(6)32-24(7)29(37)17-35(45-32)16-27-15-26(44-35)12-11-21(4)30(38)20(3)9-8-10-25-18-42-33-31(39)22(5)14-28(34(40)43-27)36(25,33)41/h8-11,13-14,19-20,24,26-33,37-39,41H,12,15-18H2,1-7H3/b9-8+,21-11+,23-13+,25-10+/t20-,24-,26+,27-,28-,29-,30-,31+,32+,33+,35-,36+/m0/s1. The van der Waals surface area contributed by atoms with E-state index in [1.807, 2.05) is 39.8 Å². The molecule has 4 N–H and O–H groups in total. The second kappa shape index (κ2) is 13.2. The van der Waals surface area contributed by atoms with Gasteiger partial charge >= 0.3 is 5.97 Å². The summed E-state index contributed by atoms with van der Waals surface area (Å²) < 4.78 is 25.6. The van der Waals surface area contributed by atoms with Gasteiger partial charge in [0.05, 0.1) is 31.0 Å². The van der Waals surface area contributed by atoms with Gasteiger partial charge in [-0.2, -0.15) is 0 Å². The Kier molecular flexibility index (Phi) is 10.0. The van der Waals surface area contributed by atoms with Crippen LogP contribution >= 0.6 is 0 Å². The number of hydrogen-bond acceptors (Lipinski definition) is 9. The number of carbonyl (C=O) groups excluding carboxylic acids is 1. The summed E-state index contributed by atoms with van der Waals surface area (Å²) in [5.41, 5.74) is 0.974. The molecular formula is C36H52O9. The van der Waals surface area contributed by atoms with Crippen molar-refractivity contribution in [2.45, 2.75) is 128 Å². The van der Waals surface area contributed by atoms with Crippen molar-refractivity contribution in [1.82, 2.24) is 0 Å². The number of fused-ring (bicyclic) bond motifs is 2. The molecule has 1 spiro atoms. The van der Waals surface area contributed by atoms with Gasteiger partial charge in [0.1, 0.15) is 29.8 Å². The molecule has 0 aromatic rings. The molecule has 0 amide bonds. The molecule has 3 fully saturated rings. The molecule has 250 valence electrons. The first-order chi connectivity index (χ1) is 21.1. The zero-order valence-corrected chi connectivity index (χ0v) is 27.7. The van der Waals surface area contributed by atoms with Gasteiger partial charge in [0, 0.05) is 31.1 Å². The van der Waals surface area contributed by atoms with Gasteiger partial charge in [-0.25, -0.2) is 0 Å². The zero-order chi connectivity index (χ0) is 32.8. The molecule has 5 aliphatic rings. The minimum Gasteiger partial charge on any atom is -0.462 e. The minimum absolute atomic E-state index is 0.0420. The Morgan fingerprint density at radius 1 is 1.04 bits per heavy atom. The van der Waals surface area contributed by atoms with Crippen LogP contribution < -0.4 is 0 Å². The number of aliphatic hydroxyl groups excluding tert-OH is 3. The van der Waals surface area contributed by atoms with E-state index < -0.39 is 59.9 Å². The monoisotopic (exact) mass is 628 g/mol. The fourth-order valence-corrected chi connectivity index (χ4v) is 7.80. The van der Waals surface area contributed by atoms with Crippen molar-refractivity contribution in [3.8, 4) is 0 Å². The molecule has 9 heteroatoms. The summed E-state index contributed by atoms with van der Waals surface area (Å²) in [7, 11) is 0. The maximum Gasteiger partial charge on any atom is 0.316 e. The summed E-state index contributed by atoms with van der Waals surface area (Å²) in [5, 5.41) is 45.4. The highest BCUT2D eigenvalue weighted by molar-refractivity contribution is 5.78. The quantitative estimate of drug-likeness (QED) is 0.264. The molecule has 0 unspecified atom stereocenters. The van der Waals surface area contributed by atoms with E-state index in [1.54, 1.807) is 25.2 Å². The molecule has 4 aliphatic heterocycles. The first-order valence-electron chi connectivity index (χ1n) is 16.5. The smallest absolute Gasteiger partial charge is 0.316 e. The maximum absolute atomic E-state index is 14.1. The van der Waals surface area contributed by atoms with Gasteiger partial charge in [-0.1, -0.05) is 64.2 Å². The lowest BCUT2D eigenvalue weighted by Crippen LogP contribution is -2.59. The van der Waals surface area contributed by atoms with Crippen LogP contribution in [0.5, 0.6) is 0 Å². The average Bonchev–Trinajstić information content (AvgIpc) is 3.31. The summed E-state index contributed by atoms with van der Waals surface area (Å²) in [6.07, 6.45) is 7.28. The molecule has 0 saturated carbocycles. The van der Waals surface area contributed by atoms with Crippen molar-refractivity contribution in [3.63, 3.8) is 0 Å². The average molecular weight is 629 g/mol. The molecule has 9 nitrogen and oxygen atoms in total. The second-order valence-corrected chi connectivity index (χ2v) is 14.4. The number of rotatable bonds is 2. The molecule has 0 aromatic heterocycles. The Labute approximate surface area is 267 Å². The fraction of sp³-hybridized carbons (Fsp3) is 0.694. The first kappa shape index (κ1) is 34.2. The van der Waals surface area contributed by atoms with Crippen LogP contribution in [0.2, 0.25) is 0 Å². The summed E-state index contributed by atoms with van der Waals surface area (Å²) in [6, 6.07) is 0. The summed E-state index contributed by atoms with van der Waals surface area (Å²) in [6.45, 7) is 13.7. The highest BCUT2D eigenvalue weighted by atomic mass is 16.7. The lowest BCUT2D eigenvalue weighted by Gasteiger charge is -2.51. The maximum atomic E-state index is 14.1. The summed E-state index contributed by atoms with van der Waals surface area (Å²) in [5.74, 6) is -3.02. The topological polar surface area (TPSA) is 135 Å². The highest BCUT2D eigenvalue weighted by Crippen LogP contribution is 2.47. The largest absolute Gasteiger partial charge is 0.462 e. The Morgan fingerprint density at radius 2 is 1.78 bits per heavy atom. The van der Waals surface area contributed by atoms with Gasteiger partial charge in [-0.05, 0) is 55.4 Å². The highest BCUT2D eigenvalue weighted by Gasteiger charge is 2.60. The van der Waals surface area contributed by atoms with E-state index in [-0.39, 0.29) is 37.4 Å². The van der Waals surface area contributed by atoms with Crippen LogP contribution in [-0.2, 0) is 23.7 Å². The molecule has 0 radical (unpaired) electrons. The number of aliphatic hydroxyl groups is 4. The lowest BCUT2D eigenvalue weighted by atomic mass is 9.71. The predicted octanol–water partition coefficient (Wildman–Crippen LogP) is 4.06. The van der Waals surface area contributed by atoms with Crippen molar-refractivity contribution in [3.05, 3.63) is 58.7 Å². The summed E-state index contributed by atoms with van der Waals surface area (Å²) >= 11 is 0. The van der Waals surface area contributed by atoms with Crippen molar-refractivity contribution in [2.75, 3.05) is 6.61 Å². The predicted molar refractivity (Wildman–Crippen MR) is 169 cm³/mol. The third-order valence-electron chi connectivity index (χ3n) is 10.4. The zero-order valence-electron chi connectivity index (χ0n) is 27.7. The molecule has 5 rings (SSSR count). The number of ether oxygens (including phenoxy) is 4. The van der Waals surface area contributed by atoms with Crippen molar-refractivity contribution < 1.29 is 44.2 Å². The Hall–Kier alpha value is -2.11. The summed E-state index contributed by atoms with van der Waals surface area (Å²) in [4.78, 5) is 14.1. The second-order valence-electron chi connectivity index (χ2n) is 14.4. The van der Waals surface area contributed by atoms with Gasteiger partial charge < -0.3 is 39.4 Å². The molecular weight excluding hydrogens is 576 g/mol. The molecule has 3 saturated heterocycles. The van der Waals surface area contributed by atoms with Gasteiger partial charge in [0.25, 0.3) is 0 Å². The number of esters is 1. The van der Waals surface area contributed by atoms with Crippen LogP contribution in [-0.4, -0.2) is 87.1 Å². The van der Waals surface area contributed by atoms with E-state index in [1.165, 1.54) is 0 Å². The number of hydrogen-bond donors (Lipinski definition) is 4. The van der Waals surface area contributed by atoms with E-state index in [0.29, 0.717) is 29.9 Å². The van der Waals surface area contributed by atoms with Crippen LogP contribution in [0.1, 0.15) is 74.1 Å². The van der Waals surface area contributed by atoms with E-state index >= 15 is 0 Å². The van der Waals surface area contributed by atoms with E-state index in [2.05, 4.69) is 19.9 Å². The first-order valence-corrected chi connectivity index (χ1v) is 16.5. The number of carbonyl (C=O) groups is 1. The molecule has 45 heavy (non-hydrogen) atoms. The molecule has 0 aromatic carbocycles. The van der Waals surface area contributed by atoms with Crippen molar-refractivity contribution >= 4 is 5.97 Å². The van der Waals surface area contributed by atoms with Crippen LogP contribution in [0.25, 0.3) is 0 Å². The Balaban J connectivity index is 1.54. The van der Waals surface area contributed by atoms with Crippen LogP contribution in [0.3, 0.4) is 0 Å². The normalized spacial score (nSPS) is 47.7. The minimum atomic E-state index is -1.81. The Morgan fingerprint density at radius 3 is 2.49 bits per heavy atom. The lowest BCUT2D eigenvalue weighted by molar-refractivity contribution is -0.342. The molecule has 4 heterocycles. The Bertz CT molecular complexity index is 1280. The molecule has 12 atom stereocenters. The number of allylic oxidation sites excluding steroid dienone is 3. The third kappa shape index (κ3) is 6.68. The van der Waals surface area contributed by atoms with Gasteiger partial charge in [-0.3, -0.25) is 4.79 Å². The van der Waals surface area contributed by atoms with E-state index in [4.69, 9.17) is 18.9 Å². The van der Waals surface area contributed by atoms with E-state index in [9.17, 15) is 25.2 Å². The SMILES string of the molecule is CC1=C[C@H]2C(=O)O[C@H]3C[C@@H](C/C=C(\C)[C@@H](O)[C@@H](C)/C=C/C=C4\CO[C@H]([C@@H]1O)[C@@]42O)O[C@]1(C3)C[C@H](O)[C@H](C)[C@@H](/C(C)=C/C(C)C)O1.